The van der Waals surface area contributed by atoms with Gasteiger partial charge in [-0.25, -0.2) is 14.4 Å². The highest BCUT2D eigenvalue weighted by atomic mass is 19.4. The van der Waals surface area contributed by atoms with Gasteiger partial charge in [-0.15, -0.1) is 13.2 Å². The lowest BCUT2D eigenvalue weighted by Gasteiger charge is -2.11. The zero-order valence-corrected chi connectivity index (χ0v) is 11.8. The first-order valence-corrected chi connectivity index (χ1v) is 6.35. The summed E-state index contributed by atoms with van der Waals surface area (Å²) in [6.07, 6.45) is -3.78. The summed E-state index contributed by atoms with van der Waals surface area (Å²) < 4.78 is 53.3. The Morgan fingerprint density at radius 3 is 2.65 bits per heavy atom. The Labute approximate surface area is 128 Å². The molecule has 0 aliphatic carbocycles. The predicted molar refractivity (Wildman–Crippen MR) is 71.0 cm³/mol. The number of aromatic nitrogens is 2. The largest absolute Gasteiger partial charge is 0.573 e. The molecule has 122 valence electrons. The minimum atomic E-state index is -5.00. The molecule has 5 nitrogen and oxygen atoms in total. The van der Waals surface area contributed by atoms with E-state index in [0.29, 0.717) is 5.69 Å². The molecule has 0 unspecified atom stereocenters. The first kappa shape index (κ1) is 16.7. The monoisotopic (exact) mass is 329 g/mol. The minimum absolute atomic E-state index is 0.115. The molecular formula is C14H11F4N3O2. The van der Waals surface area contributed by atoms with E-state index in [4.69, 9.17) is 0 Å². The van der Waals surface area contributed by atoms with Gasteiger partial charge in [0.2, 0.25) is 0 Å². The number of benzene rings is 1. The molecule has 0 radical (unpaired) electrons. The van der Waals surface area contributed by atoms with Crippen molar-refractivity contribution in [2.75, 3.05) is 0 Å². The summed E-state index contributed by atoms with van der Waals surface area (Å²) in [5, 5.41) is 2.46. The number of alkyl halides is 3. The van der Waals surface area contributed by atoms with Gasteiger partial charge in [0.25, 0.3) is 5.91 Å². The first-order valence-electron chi connectivity index (χ1n) is 6.35. The van der Waals surface area contributed by atoms with Gasteiger partial charge in [0, 0.05) is 12.2 Å². The summed E-state index contributed by atoms with van der Waals surface area (Å²) in [7, 11) is 0. The standard InChI is InChI=1S/C14H11F4N3O2/c1-8-4-11(21-7-20-8)13(22)19-6-9-2-3-10(15)12(5-9)23-14(16,17)18/h2-5,7H,6H2,1H3,(H,19,22). The van der Waals surface area contributed by atoms with Crippen LogP contribution < -0.4 is 10.1 Å². The highest BCUT2D eigenvalue weighted by Crippen LogP contribution is 2.26. The number of halogens is 4. The fraction of sp³-hybridized carbons (Fsp3) is 0.214. The first-order chi connectivity index (χ1) is 10.7. The van der Waals surface area contributed by atoms with E-state index in [2.05, 4.69) is 20.0 Å². The minimum Gasteiger partial charge on any atom is -0.403 e. The molecule has 0 spiro atoms. The van der Waals surface area contributed by atoms with Crippen molar-refractivity contribution in [1.82, 2.24) is 15.3 Å². The quantitative estimate of drug-likeness (QED) is 0.876. The maximum Gasteiger partial charge on any atom is 0.573 e. The van der Waals surface area contributed by atoms with Crippen LogP contribution in [0.2, 0.25) is 0 Å². The lowest BCUT2D eigenvalue weighted by atomic mass is 10.2. The van der Waals surface area contributed by atoms with Gasteiger partial charge in [-0.05, 0) is 30.7 Å². The van der Waals surface area contributed by atoms with E-state index >= 15 is 0 Å². The summed E-state index contributed by atoms with van der Waals surface area (Å²) in [6, 6.07) is 4.40. The molecular weight excluding hydrogens is 318 g/mol. The molecule has 0 saturated carbocycles. The summed E-state index contributed by atoms with van der Waals surface area (Å²) in [6.45, 7) is 1.57. The second-order valence-corrected chi connectivity index (χ2v) is 4.54. The number of hydrogen-bond acceptors (Lipinski definition) is 4. The molecule has 2 rings (SSSR count). The molecule has 9 heteroatoms. The number of carbonyl (C=O) groups excluding carboxylic acids is 1. The highest BCUT2D eigenvalue weighted by molar-refractivity contribution is 5.92. The third kappa shape index (κ3) is 4.90. The number of aryl methyl sites for hydroxylation is 1. The smallest absolute Gasteiger partial charge is 0.403 e. The van der Waals surface area contributed by atoms with Crippen molar-refractivity contribution in [3.8, 4) is 5.75 Å². The van der Waals surface area contributed by atoms with Crippen LogP contribution >= 0.6 is 0 Å². The fourth-order valence-electron chi connectivity index (χ4n) is 1.71. The molecule has 0 saturated heterocycles. The second-order valence-electron chi connectivity index (χ2n) is 4.54. The van der Waals surface area contributed by atoms with Crippen molar-refractivity contribution >= 4 is 5.91 Å². The zero-order chi connectivity index (χ0) is 17.0. The van der Waals surface area contributed by atoms with Gasteiger partial charge in [-0.1, -0.05) is 6.07 Å². The van der Waals surface area contributed by atoms with Crippen LogP contribution in [0.4, 0.5) is 17.6 Å². The van der Waals surface area contributed by atoms with Crippen molar-refractivity contribution < 1.29 is 27.1 Å². The van der Waals surface area contributed by atoms with Crippen LogP contribution in [0.25, 0.3) is 0 Å². The zero-order valence-electron chi connectivity index (χ0n) is 11.8. The normalized spacial score (nSPS) is 11.2. The van der Waals surface area contributed by atoms with E-state index in [1.165, 1.54) is 18.5 Å². The number of carbonyl (C=O) groups is 1. The molecule has 0 aliphatic rings. The molecule has 23 heavy (non-hydrogen) atoms. The van der Waals surface area contributed by atoms with E-state index in [9.17, 15) is 22.4 Å². The maximum absolute atomic E-state index is 13.3. The summed E-state index contributed by atoms with van der Waals surface area (Å²) in [4.78, 5) is 19.5. The number of nitrogens with zero attached hydrogens (tertiary/aromatic N) is 2. The van der Waals surface area contributed by atoms with Crippen LogP contribution in [0, 0.1) is 12.7 Å². The molecule has 0 bridgehead atoms. The van der Waals surface area contributed by atoms with E-state index in [-0.39, 0.29) is 17.8 Å². The Morgan fingerprint density at radius 1 is 1.26 bits per heavy atom. The second kappa shape index (κ2) is 6.59. The Kier molecular flexibility index (Phi) is 4.77. The molecule has 2 aromatic rings. The van der Waals surface area contributed by atoms with E-state index in [1.54, 1.807) is 6.92 Å². The Morgan fingerprint density at radius 2 is 2.00 bits per heavy atom. The number of nitrogens with one attached hydrogen (secondary N) is 1. The average Bonchev–Trinajstić information content (AvgIpc) is 2.46. The van der Waals surface area contributed by atoms with Crippen LogP contribution in [-0.4, -0.2) is 22.2 Å². The SMILES string of the molecule is Cc1cc(C(=O)NCc2ccc(F)c(OC(F)(F)F)c2)ncn1. The lowest BCUT2D eigenvalue weighted by molar-refractivity contribution is -0.275. The van der Waals surface area contributed by atoms with Crippen LogP contribution in [0.3, 0.4) is 0 Å². The summed E-state index contributed by atoms with van der Waals surface area (Å²) >= 11 is 0. The van der Waals surface area contributed by atoms with Crippen molar-refractivity contribution in [2.45, 2.75) is 19.8 Å². The lowest BCUT2D eigenvalue weighted by Crippen LogP contribution is -2.24. The Bertz CT molecular complexity index is 719. The van der Waals surface area contributed by atoms with Gasteiger partial charge in [0.1, 0.15) is 12.0 Å². The fourth-order valence-corrected chi connectivity index (χ4v) is 1.71. The molecule has 1 amide bonds. The van der Waals surface area contributed by atoms with Crippen LogP contribution in [0.1, 0.15) is 21.7 Å². The number of rotatable bonds is 4. The van der Waals surface area contributed by atoms with Gasteiger partial charge < -0.3 is 10.1 Å². The molecule has 1 aromatic carbocycles. The Hall–Kier alpha value is -2.71. The van der Waals surface area contributed by atoms with Crippen LogP contribution in [0.5, 0.6) is 5.75 Å². The third-order valence-corrected chi connectivity index (χ3v) is 2.71. The van der Waals surface area contributed by atoms with E-state index in [1.807, 2.05) is 0 Å². The molecule has 1 aromatic heterocycles. The third-order valence-electron chi connectivity index (χ3n) is 2.71. The topological polar surface area (TPSA) is 64.1 Å². The van der Waals surface area contributed by atoms with E-state index < -0.39 is 23.8 Å². The van der Waals surface area contributed by atoms with Gasteiger partial charge in [-0.3, -0.25) is 4.79 Å². The van der Waals surface area contributed by atoms with Gasteiger partial charge in [-0.2, -0.15) is 0 Å². The van der Waals surface area contributed by atoms with Gasteiger partial charge in [0.05, 0.1) is 0 Å². The van der Waals surface area contributed by atoms with Gasteiger partial charge >= 0.3 is 6.36 Å². The number of hydrogen-bond donors (Lipinski definition) is 1. The maximum atomic E-state index is 13.3. The van der Waals surface area contributed by atoms with Crippen molar-refractivity contribution in [3.05, 3.63) is 53.4 Å². The summed E-state index contributed by atoms with van der Waals surface area (Å²) in [5.41, 5.74) is 0.948. The molecule has 0 aliphatic heterocycles. The average molecular weight is 329 g/mol. The molecule has 1 N–H and O–H groups in total. The highest BCUT2D eigenvalue weighted by Gasteiger charge is 2.32. The molecule has 0 fully saturated rings. The van der Waals surface area contributed by atoms with Crippen LogP contribution in [-0.2, 0) is 6.54 Å². The van der Waals surface area contributed by atoms with E-state index in [0.717, 1.165) is 12.1 Å². The predicted octanol–water partition coefficient (Wildman–Crippen LogP) is 2.75. The molecule has 1 heterocycles. The summed E-state index contributed by atoms with van der Waals surface area (Å²) in [5.74, 6) is -2.64. The van der Waals surface area contributed by atoms with Crippen molar-refractivity contribution in [1.29, 1.82) is 0 Å². The Balaban J connectivity index is 2.06. The van der Waals surface area contributed by atoms with Crippen molar-refractivity contribution in [3.63, 3.8) is 0 Å². The molecule has 0 atom stereocenters. The number of amides is 1. The number of ether oxygens (including phenoxy) is 1. The van der Waals surface area contributed by atoms with Crippen LogP contribution in [0.15, 0.2) is 30.6 Å². The van der Waals surface area contributed by atoms with Gasteiger partial charge in [0.15, 0.2) is 11.6 Å². The van der Waals surface area contributed by atoms with Crippen molar-refractivity contribution in [2.24, 2.45) is 0 Å².